The molecule has 0 radical (unpaired) electrons. The van der Waals surface area contributed by atoms with E-state index in [9.17, 15) is 8.42 Å². The molecule has 116 valence electrons. The monoisotopic (exact) mass is 308 g/mol. The van der Waals surface area contributed by atoms with Crippen LogP contribution >= 0.6 is 0 Å². The lowest BCUT2D eigenvalue weighted by Crippen LogP contribution is -2.31. The van der Waals surface area contributed by atoms with Crippen molar-refractivity contribution in [1.29, 1.82) is 0 Å². The van der Waals surface area contributed by atoms with Gasteiger partial charge in [-0.1, -0.05) is 26.0 Å². The second-order valence-electron chi connectivity index (χ2n) is 6.74. The Morgan fingerprint density at radius 3 is 2.24 bits per heavy atom. The van der Waals surface area contributed by atoms with Gasteiger partial charge < -0.3 is 5.32 Å². The first kappa shape index (κ1) is 15.0. The molecule has 0 bridgehead atoms. The number of hydrogen-bond acceptors (Lipinski definition) is 3. The molecule has 2 saturated heterocycles. The van der Waals surface area contributed by atoms with Crippen LogP contribution < -0.4 is 5.32 Å². The largest absolute Gasteiger partial charge is 0.316 e. The maximum atomic E-state index is 12.7. The van der Waals surface area contributed by atoms with Crippen LogP contribution in [0.2, 0.25) is 0 Å². The quantitative estimate of drug-likeness (QED) is 0.921. The number of sulfonamides is 1. The molecule has 0 aliphatic carbocycles. The molecule has 2 aliphatic rings. The van der Waals surface area contributed by atoms with Crippen LogP contribution in [0.25, 0.3) is 0 Å². The first-order chi connectivity index (χ1) is 9.96. The number of nitrogens with one attached hydrogen (secondary N) is 1. The Labute approximate surface area is 127 Å². The van der Waals surface area contributed by atoms with E-state index in [1.54, 1.807) is 16.4 Å². The van der Waals surface area contributed by atoms with E-state index in [1.165, 1.54) is 5.56 Å². The van der Waals surface area contributed by atoms with E-state index in [4.69, 9.17) is 0 Å². The molecule has 1 aromatic rings. The Kier molecular flexibility index (Phi) is 4.08. The van der Waals surface area contributed by atoms with Crippen LogP contribution in [0.15, 0.2) is 29.2 Å². The molecule has 2 fully saturated rings. The number of benzene rings is 1. The van der Waals surface area contributed by atoms with Crippen molar-refractivity contribution in [3.63, 3.8) is 0 Å². The molecule has 2 heterocycles. The highest BCUT2D eigenvalue weighted by atomic mass is 32.2. The zero-order chi connectivity index (χ0) is 15.0. The van der Waals surface area contributed by atoms with Gasteiger partial charge in [0.15, 0.2) is 0 Å². The van der Waals surface area contributed by atoms with Crippen LogP contribution in [0.3, 0.4) is 0 Å². The predicted molar refractivity (Wildman–Crippen MR) is 83.6 cm³/mol. The van der Waals surface area contributed by atoms with Gasteiger partial charge in [0.05, 0.1) is 4.90 Å². The Hall–Kier alpha value is -0.910. The van der Waals surface area contributed by atoms with Gasteiger partial charge in [0.25, 0.3) is 0 Å². The van der Waals surface area contributed by atoms with Crippen molar-refractivity contribution in [2.45, 2.75) is 25.2 Å². The summed E-state index contributed by atoms with van der Waals surface area (Å²) >= 11 is 0. The van der Waals surface area contributed by atoms with E-state index < -0.39 is 10.0 Å². The van der Waals surface area contributed by atoms with Gasteiger partial charge in [0.2, 0.25) is 10.0 Å². The van der Waals surface area contributed by atoms with Crippen LogP contribution in [0.5, 0.6) is 0 Å². The third-order valence-electron chi connectivity index (χ3n) is 4.56. The molecule has 1 N–H and O–H groups in total. The fraction of sp³-hybridized carbons (Fsp3) is 0.625. The summed E-state index contributed by atoms with van der Waals surface area (Å²) in [6.45, 7) is 7.55. The first-order valence-electron chi connectivity index (χ1n) is 7.76. The summed E-state index contributed by atoms with van der Waals surface area (Å²) < 4.78 is 27.1. The van der Waals surface area contributed by atoms with Gasteiger partial charge >= 0.3 is 0 Å². The maximum Gasteiger partial charge on any atom is 0.243 e. The van der Waals surface area contributed by atoms with Gasteiger partial charge in [0, 0.05) is 13.1 Å². The van der Waals surface area contributed by atoms with Gasteiger partial charge in [0.1, 0.15) is 0 Å². The smallest absolute Gasteiger partial charge is 0.243 e. The molecule has 4 nitrogen and oxygen atoms in total. The molecule has 5 heteroatoms. The standard InChI is InChI=1S/C16H24N2O2S/c1-12(2)7-13-3-5-16(6-4-13)21(19,20)18-10-14-8-17-9-15(14)11-18/h3-6,12,14-15,17H,7-11H2,1-2H3. The molecule has 0 aromatic heterocycles. The lowest BCUT2D eigenvalue weighted by atomic mass is 10.0. The van der Waals surface area contributed by atoms with Crippen LogP contribution in [0, 0.1) is 17.8 Å². The van der Waals surface area contributed by atoms with Crippen molar-refractivity contribution in [1.82, 2.24) is 9.62 Å². The zero-order valence-corrected chi connectivity index (χ0v) is 13.6. The molecular weight excluding hydrogens is 284 g/mol. The minimum Gasteiger partial charge on any atom is -0.316 e. The Morgan fingerprint density at radius 1 is 1.14 bits per heavy atom. The van der Waals surface area contributed by atoms with E-state index in [1.807, 2.05) is 12.1 Å². The third-order valence-corrected chi connectivity index (χ3v) is 6.41. The predicted octanol–water partition coefficient (Wildman–Crippen LogP) is 1.72. The summed E-state index contributed by atoms with van der Waals surface area (Å²) in [5, 5.41) is 3.34. The van der Waals surface area contributed by atoms with Crippen molar-refractivity contribution in [3.8, 4) is 0 Å². The summed E-state index contributed by atoms with van der Waals surface area (Å²) in [6, 6.07) is 7.43. The molecule has 3 rings (SSSR count). The summed E-state index contributed by atoms with van der Waals surface area (Å²) in [5.74, 6) is 1.55. The van der Waals surface area contributed by atoms with Crippen LogP contribution in [0.4, 0.5) is 0 Å². The average molecular weight is 308 g/mol. The first-order valence-corrected chi connectivity index (χ1v) is 9.20. The highest BCUT2D eigenvalue weighted by Gasteiger charge is 2.41. The summed E-state index contributed by atoms with van der Waals surface area (Å²) in [5.41, 5.74) is 1.20. The number of fused-ring (bicyclic) bond motifs is 1. The highest BCUT2D eigenvalue weighted by Crippen LogP contribution is 2.30. The van der Waals surface area contributed by atoms with E-state index in [-0.39, 0.29) is 0 Å². The molecule has 2 aliphatic heterocycles. The summed E-state index contributed by atoms with van der Waals surface area (Å²) in [4.78, 5) is 0.433. The number of rotatable bonds is 4. The third kappa shape index (κ3) is 3.00. The van der Waals surface area contributed by atoms with E-state index >= 15 is 0 Å². The van der Waals surface area contributed by atoms with Gasteiger partial charge in [-0.25, -0.2) is 8.42 Å². The van der Waals surface area contributed by atoms with Gasteiger partial charge in [-0.15, -0.1) is 0 Å². The Bertz CT molecular complexity index is 583. The van der Waals surface area contributed by atoms with Gasteiger partial charge in [-0.2, -0.15) is 4.31 Å². The molecule has 2 atom stereocenters. The minimum absolute atomic E-state index is 0.433. The topological polar surface area (TPSA) is 49.4 Å². The van der Waals surface area contributed by atoms with E-state index in [2.05, 4.69) is 19.2 Å². The van der Waals surface area contributed by atoms with Crippen LogP contribution in [0.1, 0.15) is 19.4 Å². The normalized spacial score (nSPS) is 26.4. The molecule has 21 heavy (non-hydrogen) atoms. The maximum absolute atomic E-state index is 12.7. The molecule has 1 aromatic carbocycles. The molecule has 0 amide bonds. The lowest BCUT2D eigenvalue weighted by Gasteiger charge is -2.17. The van der Waals surface area contributed by atoms with Gasteiger partial charge in [-0.05, 0) is 55.0 Å². The molecule has 0 saturated carbocycles. The van der Waals surface area contributed by atoms with Crippen LogP contribution in [-0.4, -0.2) is 38.9 Å². The highest BCUT2D eigenvalue weighted by molar-refractivity contribution is 7.89. The second-order valence-corrected chi connectivity index (χ2v) is 8.68. The summed E-state index contributed by atoms with van der Waals surface area (Å²) in [7, 11) is -3.32. The van der Waals surface area contributed by atoms with E-state index in [0.717, 1.165) is 19.5 Å². The van der Waals surface area contributed by atoms with Crippen LogP contribution in [-0.2, 0) is 16.4 Å². The Morgan fingerprint density at radius 2 is 1.71 bits per heavy atom. The van der Waals surface area contributed by atoms with E-state index in [0.29, 0.717) is 35.7 Å². The fourth-order valence-electron chi connectivity index (χ4n) is 3.43. The Balaban J connectivity index is 1.76. The second kappa shape index (κ2) is 5.71. The number of nitrogens with zero attached hydrogens (tertiary/aromatic N) is 1. The van der Waals surface area contributed by atoms with Crippen molar-refractivity contribution in [3.05, 3.63) is 29.8 Å². The van der Waals surface area contributed by atoms with Crippen molar-refractivity contribution in [2.75, 3.05) is 26.2 Å². The average Bonchev–Trinajstić information content (AvgIpc) is 2.99. The number of hydrogen-bond donors (Lipinski definition) is 1. The van der Waals surface area contributed by atoms with Crippen molar-refractivity contribution < 1.29 is 8.42 Å². The van der Waals surface area contributed by atoms with Crippen molar-refractivity contribution in [2.24, 2.45) is 17.8 Å². The zero-order valence-electron chi connectivity index (χ0n) is 12.7. The molecule has 0 spiro atoms. The van der Waals surface area contributed by atoms with Crippen molar-refractivity contribution >= 4 is 10.0 Å². The summed E-state index contributed by atoms with van der Waals surface area (Å²) in [6.07, 6.45) is 0.986. The molecule has 2 unspecified atom stereocenters. The minimum atomic E-state index is -3.32. The fourth-order valence-corrected chi connectivity index (χ4v) is 4.98. The molecular formula is C16H24N2O2S. The van der Waals surface area contributed by atoms with Gasteiger partial charge in [-0.3, -0.25) is 0 Å². The lowest BCUT2D eigenvalue weighted by molar-refractivity contribution is 0.448. The SMILES string of the molecule is CC(C)Cc1ccc(S(=O)(=O)N2CC3CNCC3C2)cc1.